The van der Waals surface area contributed by atoms with Crippen LogP contribution in [0.3, 0.4) is 0 Å². The lowest BCUT2D eigenvalue weighted by Gasteiger charge is -2.21. The van der Waals surface area contributed by atoms with Gasteiger partial charge in [-0.1, -0.05) is 176 Å². The maximum absolute atomic E-state index is 5.22. The van der Waals surface area contributed by atoms with Crippen LogP contribution in [0.2, 0.25) is 0 Å². The maximum atomic E-state index is 5.22. The Morgan fingerprint density at radius 3 is 1.08 bits per heavy atom. The molecule has 0 bridgehead atoms. The van der Waals surface area contributed by atoms with Crippen molar-refractivity contribution in [2.45, 2.75) is 0 Å². The summed E-state index contributed by atoms with van der Waals surface area (Å²) in [5.74, 6) is 1.86. The maximum Gasteiger partial charge on any atom is 0.164 e. The smallest absolute Gasteiger partial charge is 0.164 e. The molecule has 12 rings (SSSR count). The van der Waals surface area contributed by atoms with Gasteiger partial charge in [0, 0.05) is 55.0 Å². The summed E-state index contributed by atoms with van der Waals surface area (Å²) in [5, 5.41) is 4.79. The zero-order valence-electron chi connectivity index (χ0n) is 33.6. The van der Waals surface area contributed by atoms with Crippen molar-refractivity contribution >= 4 is 43.6 Å². The Hall–Kier alpha value is -8.41. The van der Waals surface area contributed by atoms with E-state index in [1.165, 1.54) is 32.6 Å². The lowest BCUT2D eigenvalue weighted by molar-refractivity contribution is 1.07. The topological polar surface area (TPSA) is 48.5 Å². The average Bonchev–Trinajstić information content (AvgIpc) is 3.85. The summed E-state index contributed by atoms with van der Waals surface area (Å²) in [6.45, 7) is 0. The summed E-state index contributed by atoms with van der Waals surface area (Å²) in [6.07, 6.45) is 0. The van der Waals surface area contributed by atoms with E-state index in [4.69, 9.17) is 15.0 Å². The van der Waals surface area contributed by atoms with Gasteiger partial charge in [-0.2, -0.15) is 0 Å². The standard InChI is InChI=1S/C57H37N5/c1-6-20-38(21-7-1)46-34-42(57-59-55(40-24-10-3-11-25-40)58-56(60-57)41-26-12-4-13-27-41)35-47(39-22-8-2-9-23-39)54(46)62-51-33-19-17-31-45(51)49-36-52-48(37-53(49)62)44-30-16-18-32-50(44)61(52)43-28-14-5-15-29-43/h1-37H. The van der Waals surface area contributed by atoms with Gasteiger partial charge in [-0.3, -0.25) is 0 Å². The Morgan fingerprint density at radius 1 is 0.258 bits per heavy atom. The zero-order valence-corrected chi connectivity index (χ0v) is 33.6. The molecule has 62 heavy (non-hydrogen) atoms. The van der Waals surface area contributed by atoms with Gasteiger partial charge in [0.2, 0.25) is 0 Å². The molecular formula is C57H37N5. The van der Waals surface area contributed by atoms with Crippen molar-refractivity contribution in [1.82, 2.24) is 24.1 Å². The van der Waals surface area contributed by atoms with Gasteiger partial charge in [0.1, 0.15) is 0 Å². The number of hydrogen-bond acceptors (Lipinski definition) is 3. The molecule has 0 N–H and O–H groups in total. The molecular weight excluding hydrogens is 755 g/mol. The van der Waals surface area contributed by atoms with Gasteiger partial charge in [-0.25, -0.2) is 15.0 Å². The predicted octanol–water partition coefficient (Wildman–Crippen LogP) is 14.4. The highest BCUT2D eigenvalue weighted by Gasteiger charge is 2.24. The summed E-state index contributed by atoms with van der Waals surface area (Å²) in [4.78, 5) is 15.5. The molecule has 0 amide bonds. The molecule has 0 unspecified atom stereocenters. The third kappa shape index (κ3) is 5.90. The lowest BCUT2D eigenvalue weighted by atomic mass is 9.92. The van der Waals surface area contributed by atoms with Crippen molar-refractivity contribution in [2.24, 2.45) is 0 Å². The van der Waals surface area contributed by atoms with E-state index in [0.29, 0.717) is 17.5 Å². The molecule has 0 saturated heterocycles. The Labute approximate surface area is 358 Å². The van der Waals surface area contributed by atoms with E-state index in [0.717, 1.165) is 61.4 Å². The molecule has 5 heteroatoms. The minimum absolute atomic E-state index is 0.608. The van der Waals surface area contributed by atoms with E-state index < -0.39 is 0 Å². The molecule has 0 fully saturated rings. The fraction of sp³-hybridized carbons (Fsp3) is 0. The van der Waals surface area contributed by atoms with E-state index >= 15 is 0 Å². The van der Waals surface area contributed by atoms with Crippen molar-refractivity contribution in [2.75, 3.05) is 0 Å². The lowest BCUT2D eigenvalue weighted by Crippen LogP contribution is -2.04. The molecule has 9 aromatic carbocycles. The normalized spacial score (nSPS) is 11.5. The van der Waals surface area contributed by atoms with Crippen LogP contribution in [0.4, 0.5) is 0 Å². The van der Waals surface area contributed by atoms with Gasteiger partial charge < -0.3 is 9.13 Å². The fourth-order valence-electron chi connectivity index (χ4n) is 9.14. The highest BCUT2D eigenvalue weighted by atomic mass is 15.0. The first-order valence-electron chi connectivity index (χ1n) is 21.0. The number of nitrogens with zero attached hydrogens (tertiary/aromatic N) is 5. The SMILES string of the molecule is c1ccc(-c2nc(-c3ccccc3)nc(-c3cc(-c4ccccc4)c(-n4c5ccccc5c5cc6c(cc54)c4ccccc4n6-c4ccccc4)c(-c4ccccc4)c3)n2)cc1. The van der Waals surface area contributed by atoms with Crippen molar-refractivity contribution < 1.29 is 0 Å². The molecule has 0 spiro atoms. The molecule has 5 nitrogen and oxygen atoms in total. The van der Waals surface area contributed by atoms with Crippen LogP contribution in [0.15, 0.2) is 224 Å². The van der Waals surface area contributed by atoms with Gasteiger partial charge >= 0.3 is 0 Å². The second-order valence-electron chi connectivity index (χ2n) is 15.6. The number of benzene rings is 9. The van der Waals surface area contributed by atoms with Gasteiger partial charge in [-0.15, -0.1) is 0 Å². The predicted molar refractivity (Wildman–Crippen MR) is 256 cm³/mol. The molecule has 3 heterocycles. The number of para-hydroxylation sites is 3. The molecule has 12 aromatic rings. The molecule has 3 aromatic heterocycles. The molecule has 0 aliphatic carbocycles. The first kappa shape index (κ1) is 35.5. The number of aromatic nitrogens is 5. The molecule has 0 saturated carbocycles. The van der Waals surface area contributed by atoms with Gasteiger partial charge in [0.05, 0.1) is 27.8 Å². The first-order chi connectivity index (χ1) is 30.8. The molecule has 0 atom stereocenters. The molecule has 290 valence electrons. The highest BCUT2D eigenvalue weighted by molar-refractivity contribution is 6.19. The molecule has 0 aliphatic rings. The summed E-state index contributed by atoms with van der Waals surface area (Å²) >= 11 is 0. The summed E-state index contributed by atoms with van der Waals surface area (Å²) in [6, 6.07) is 79.4. The summed E-state index contributed by atoms with van der Waals surface area (Å²) in [5.41, 5.74) is 13.9. The van der Waals surface area contributed by atoms with Crippen LogP contribution in [0.1, 0.15) is 0 Å². The number of fused-ring (bicyclic) bond motifs is 6. The third-order valence-electron chi connectivity index (χ3n) is 11.9. The van der Waals surface area contributed by atoms with Crippen LogP contribution in [0.5, 0.6) is 0 Å². The van der Waals surface area contributed by atoms with Crippen LogP contribution >= 0.6 is 0 Å². The van der Waals surface area contributed by atoms with E-state index in [1.54, 1.807) is 0 Å². The van der Waals surface area contributed by atoms with Crippen LogP contribution < -0.4 is 0 Å². The van der Waals surface area contributed by atoms with E-state index in [2.05, 4.69) is 197 Å². The summed E-state index contributed by atoms with van der Waals surface area (Å²) in [7, 11) is 0. The monoisotopic (exact) mass is 791 g/mol. The average molecular weight is 792 g/mol. The van der Waals surface area contributed by atoms with Crippen molar-refractivity contribution in [3.05, 3.63) is 224 Å². The zero-order chi connectivity index (χ0) is 41.0. The first-order valence-corrected chi connectivity index (χ1v) is 21.0. The van der Waals surface area contributed by atoms with Crippen LogP contribution in [-0.4, -0.2) is 24.1 Å². The quantitative estimate of drug-likeness (QED) is 0.162. The van der Waals surface area contributed by atoms with Gasteiger partial charge in [0.15, 0.2) is 17.5 Å². The minimum atomic E-state index is 0.608. The Kier molecular flexibility index (Phi) is 8.42. The second kappa shape index (κ2) is 14.7. The third-order valence-corrected chi connectivity index (χ3v) is 11.9. The Balaban J connectivity index is 1.20. The second-order valence-corrected chi connectivity index (χ2v) is 15.6. The van der Waals surface area contributed by atoms with Crippen molar-refractivity contribution in [3.63, 3.8) is 0 Å². The summed E-state index contributed by atoms with van der Waals surface area (Å²) < 4.78 is 4.89. The van der Waals surface area contributed by atoms with E-state index in [9.17, 15) is 0 Å². The fourth-order valence-corrected chi connectivity index (χ4v) is 9.14. The number of hydrogen-bond donors (Lipinski definition) is 0. The van der Waals surface area contributed by atoms with Crippen molar-refractivity contribution in [3.8, 4) is 67.8 Å². The molecule has 0 aliphatic heterocycles. The molecule has 0 radical (unpaired) electrons. The van der Waals surface area contributed by atoms with Crippen LogP contribution in [0, 0.1) is 0 Å². The largest absolute Gasteiger partial charge is 0.309 e. The van der Waals surface area contributed by atoms with Crippen LogP contribution in [-0.2, 0) is 0 Å². The number of rotatable bonds is 7. The van der Waals surface area contributed by atoms with E-state index in [1.807, 2.05) is 36.4 Å². The van der Waals surface area contributed by atoms with Gasteiger partial charge in [-0.05, 0) is 59.7 Å². The van der Waals surface area contributed by atoms with Crippen LogP contribution in [0.25, 0.3) is 111 Å². The Bertz CT molecular complexity index is 3480. The van der Waals surface area contributed by atoms with E-state index in [-0.39, 0.29) is 0 Å². The Morgan fingerprint density at radius 2 is 0.613 bits per heavy atom. The highest BCUT2D eigenvalue weighted by Crippen LogP contribution is 2.45. The van der Waals surface area contributed by atoms with Gasteiger partial charge in [0.25, 0.3) is 0 Å². The minimum Gasteiger partial charge on any atom is -0.309 e. The van der Waals surface area contributed by atoms with Crippen molar-refractivity contribution in [1.29, 1.82) is 0 Å².